The molecule has 1 unspecified atom stereocenters. The number of carbonyl (C=O) groups is 1. The van der Waals surface area contributed by atoms with Gasteiger partial charge in [0.1, 0.15) is 6.04 Å². The normalized spacial score (nSPS) is 19.9. The summed E-state index contributed by atoms with van der Waals surface area (Å²) in [6.45, 7) is 0.253. The molecule has 0 aromatic rings. The lowest BCUT2D eigenvalue weighted by Gasteiger charge is -2.27. The molecule has 0 bridgehead atoms. The molecule has 1 atom stereocenters. The van der Waals surface area contributed by atoms with Gasteiger partial charge in [0.2, 0.25) is 0 Å². The lowest BCUT2D eigenvalue weighted by Crippen LogP contribution is -2.51. The third-order valence-corrected chi connectivity index (χ3v) is 4.24. The van der Waals surface area contributed by atoms with Crippen molar-refractivity contribution in [2.24, 2.45) is 0 Å². The lowest BCUT2D eigenvalue weighted by molar-refractivity contribution is -0.143. The summed E-state index contributed by atoms with van der Waals surface area (Å²) >= 11 is 0. The number of nitrogens with zero attached hydrogens (tertiary/aromatic N) is 1. The van der Waals surface area contributed by atoms with Crippen LogP contribution >= 0.6 is 0 Å². The van der Waals surface area contributed by atoms with Gasteiger partial charge in [-0.2, -0.15) is 17.4 Å². The highest BCUT2D eigenvalue weighted by Gasteiger charge is 2.29. The molecule has 0 aromatic carbocycles. The number of rotatable bonds is 5. The van der Waals surface area contributed by atoms with Gasteiger partial charge in [0.25, 0.3) is 10.2 Å². The van der Waals surface area contributed by atoms with Gasteiger partial charge in [0.15, 0.2) is 0 Å². The van der Waals surface area contributed by atoms with Crippen LogP contribution in [0.25, 0.3) is 0 Å². The number of hydrogen-bond donors (Lipinski definition) is 2. The summed E-state index contributed by atoms with van der Waals surface area (Å²) in [5.74, 6) is -0.798. The molecule has 0 saturated carbocycles. The summed E-state index contributed by atoms with van der Waals surface area (Å²) in [6, 6.07) is -1.24. The van der Waals surface area contributed by atoms with Crippen molar-refractivity contribution < 1.29 is 23.1 Å². The molecule has 1 saturated heterocycles. The van der Waals surface area contributed by atoms with Crippen molar-refractivity contribution in [1.29, 1.82) is 0 Å². The zero-order valence-corrected chi connectivity index (χ0v) is 10.6. The van der Waals surface area contributed by atoms with E-state index in [1.54, 1.807) is 0 Å². The zero-order chi connectivity index (χ0) is 12.9. The second-order valence-electron chi connectivity index (χ2n) is 3.84. The smallest absolute Gasteiger partial charge is 0.326 e. The van der Waals surface area contributed by atoms with E-state index in [0.717, 1.165) is 26.4 Å². The number of aliphatic hydroxyl groups excluding tert-OH is 1. The Kier molecular flexibility index (Phi) is 5.31. The van der Waals surface area contributed by atoms with E-state index in [9.17, 15) is 13.2 Å². The summed E-state index contributed by atoms with van der Waals surface area (Å²) in [4.78, 5) is 11.2. The van der Waals surface area contributed by atoms with Crippen molar-refractivity contribution >= 4 is 16.2 Å². The van der Waals surface area contributed by atoms with E-state index in [4.69, 9.17) is 5.11 Å². The van der Waals surface area contributed by atoms with Gasteiger partial charge in [-0.15, -0.1) is 0 Å². The van der Waals surface area contributed by atoms with E-state index in [1.807, 2.05) is 0 Å². The second-order valence-corrected chi connectivity index (χ2v) is 5.54. The van der Waals surface area contributed by atoms with Gasteiger partial charge in [-0.3, -0.25) is 4.79 Å². The molecule has 1 aliphatic heterocycles. The van der Waals surface area contributed by atoms with Crippen molar-refractivity contribution in [2.45, 2.75) is 25.3 Å². The zero-order valence-electron chi connectivity index (χ0n) is 9.76. The predicted molar refractivity (Wildman–Crippen MR) is 60.4 cm³/mol. The van der Waals surface area contributed by atoms with Crippen molar-refractivity contribution in [2.75, 3.05) is 26.8 Å². The first-order valence-electron chi connectivity index (χ1n) is 5.47. The van der Waals surface area contributed by atoms with Crippen molar-refractivity contribution in [1.82, 2.24) is 9.03 Å². The van der Waals surface area contributed by atoms with Crippen LogP contribution in [-0.4, -0.2) is 56.6 Å². The Labute approximate surface area is 101 Å². The number of nitrogens with one attached hydrogen (secondary N) is 1. The van der Waals surface area contributed by atoms with E-state index in [-0.39, 0.29) is 0 Å². The molecule has 100 valence electrons. The third kappa shape index (κ3) is 3.91. The molecular formula is C9H18N2O5S. The highest BCUT2D eigenvalue weighted by Crippen LogP contribution is 2.12. The van der Waals surface area contributed by atoms with Gasteiger partial charge in [-0.05, 0) is 12.8 Å². The quantitative estimate of drug-likeness (QED) is 0.612. The van der Waals surface area contributed by atoms with Gasteiger partial charge < -0.3 is 9.84 Å². The molecule has 1 heterocycles. The standard InChI is InChI=1S/C9H18N2O5S/c1-16-9(13)8(7-12)10-17(14,15)11-5-3-2-4-6-11/h8,10,12H,2-7H2,1H3. The highest BCUT2D eigenvalue weighted by atomic mass is 32.2. The molecule has 17 heavy (non-hydrogen) atoms. The van der Waals surface area contributed by atoms with E-state index < -0.39 is 28.8 Å². The van der Waals surface area contributed by atoms with E-state index in [0.29, 0.717) is 13.1 Å². The SMILES string of the molecule is COC(=O)C(CO)NS(=O)(=O)N1CCCCC1. The van der Waals surface area contributed by atoms with Gasteiger partial charge in [0, 0.05) is 13.1 Å². The van der Waals surface area contributed by atoms with Crippen LogP contribution in [0, 0.1) is 0 Å². The molecular weight excluding hydrogens is 248 g/mol. The molecule has 1 rings (SSSR count). The first kappa shape index (κ1) is 14.4. The number of hydrogen-bond acceptors (Lipinski definition) is 5. The Bertz CT molecular complexity index is 350. The second kappa shape index (κ2) is 6.29. The first-order chi connectivity index (χ1) is 8.01. The molecule has 0 radical (unpaired) electrons. The number of ether oxygens (including phenoxy) is 1. The van der Waals surface area contributed by atoms with Gasteiger partial charge in [-0.1, -0.05) is 6.42 Å². The molecule has 1 fully saturated rings. The molecule has 0 aromatic heterocycles. The van der Waals surface area contributed by atoms with Gasteiger partial charge in [-0.25, -0.2) is 0 Å². The van der Waals surface area contributed by atoms with Gasteiger partial charge >= 0.3 is 5.97 Å². The number of esters is 1. The molecule has 1 aliphatic rings. The maximum absolute atomic E-state index is 11.9. The fraction of sp³-hybridized carbons (Fsp3) is 0.889. The average molecular weight is 266 g/mol. The number of piperidine rings is 1. The third-order valence-electron chi connectivity index (χ3n) is 2.61. The molecule has 0 amide bonds. The fourth-order valence-corrected chi connectivity index (χ4v) is 3.08. The summed E-state index contributed by atoms with van der Waals surface area (Å²) in [5, 5.41) is 8.94. The van der Waals surface area contributed by atoms with Crippen LogP contribution in [-0.2, 0) is 19.7 Å². The van der Waals surface area contributed by atoms with Crippen LogP contribution < -0.4 is 4.72 Å². The molecule has 7 nitrogen and oxygen atoms in total. The summed E-state index contributed by atoms with van der Waals surface area (Å²) in [7, 11) is -2.59. The maximum atomic E-state index is 11.9. The average Bonchev–Trinajstić information content (AvgIpc) is 2.36. The predicted octanol–water partition coefficient (Wildman–Crippen LogP) is -1.16. The van der Waals surface area contributed by atoms with Crippen LogP contribution in [0.5, 0.6) is 0 Å². The number of aliphatic hydroxyl groups is 1. The summed E-state index contributed by atoms with van der Waals surface area (Å²) in [5.41, 5.74) is 0. The maximum Gasteiger partial charge on any atom is 0.326 e. The van der Waals surface area contributed by atoms with Crippen LogP contribution in [0.3, 0.4) is 0 Å². The Morgan fingerprint density at radius 3 is 2.47 bits per heavy atom. The Morgan fingerprint density at radius 1 is 1.41 bits per heavy atom. The minimum Gasteiger partial charge on any atom is -0.468 e. The van der Waals surface area contributed by atoms with Gasteiger partial charge in [0.05, 0.1) is 13.7 Å². The lowest BCUT2D eigenvalue weighted by atomic mass is 10.2. The minimum atomic E-state index is -3.73. The van der Waals surface area contributed by atoms with Crippen LogP contribution in [0.15, 0.2) is 0 Å². The fourth-order valence-electron chi connectivity index (χ4n) is 1.66. The highest BCUT2D eigenvalue weighted by molar-refractivity contribution is 7.87. The van der Waals surface area contributed by atoms with E-state index in [2.05, 4.69) is 9.46 Å². The molecule has 0 aliphatic carbocycles. The van der Waals surface area contributed by atoms with E-state index >= 15 is 0 Å². The summed E-state index contributed by atoms with van der Waals surface area (Å²) < 4.78 is 31.6. The Balaban J connectivity index is 2.66. The molecule has 2 N–H and O–H groups in total. The number of carbonyl (C=O) groups excluding carboxylic acids is 1. The van der Waals surface area contributed by atoms with Crippen LogP contribution in [0.1, 0.15) is 19.3 Å². The topological polar surface area (TPSA) is 95.9 Å². The monoisotopic (exact) mass is 266 g/mol. The Hall–Kier alpha value is -0.700. The molecule has 8 heteroatoms. The van der Waals surface area contributed by atoms with Crippen molar-refractivity contribution in [3.05, 3.63) is 0 Å². The van der Waals surface area contributed by atoms with Crippen LogP contribution in [0.2, 0.25) is 0 Å². The first-order valence-corrected chi connectivity index (χ1v) is 6.91. The Morgan fingerprint density at radius 2 is 2.00 bits per heavy atom. The van der Waals surface area contributed by atoms with E-state index in [1.165, 1.54) is 4.31 Å². The number of methoxy groups -OCH3 is 1. The summed E-state index contributed by atoms with van der Waals surface area (Å²) in [6.07, 6.45) is 2.62. The van der Waals surface area contributed by atoms with Crippen molar-refractivity contribution in [3.63, 3.8) is 0 Å². The minimum absolute atomic E-state index is 0.439. The van der Waals surface area contributed by atoms with Crippen molar-refractivity contribution in [3.8, 4) is 0 Å². The molecule has 0 spiro atoms. The largest absolute Gasteiger partial charge is 0.468 e. The van der Waals surface area contributed by atoms with Crippen LogP contribution in [0.4, 0.5) is 0 Å².